The fraction of sp³-hybridized carbons (Fsp3) is 0.417. The number of pyridine rings is 1. The second-order valence-corrected chi connectivity index (χ2v) is 9.43. The van der Waals surface area contributed by atoms with Crippen LogP contribution in [0.15, 0.2) is 42.6 Å². The summed E-state index contributed by atoms with van der Waals surface area (Å²) in [5, 5.41) is 2.04. The molecule has 1 saturated heterocycles. The zero-order valence-corrected chi connectivity index (χ0v) is 19.4. The van der Waals surface area contributed by atoms with Crippen molar-refractivity contribution < 1.29 is 23.9 Å². The Kier molecular flexibility index (Phi) is 7.90. The van der Waals surface area contributed by atoms with Crippen LogP contribution in [0.1, 0.15) is 56.5 Å². The Morgan fingerprint density at radius 2 is 1.94 bits per heavy atom. The fourth-order valence-corrected chi connectivity index (χ4v) is 4.27. The number of thioether (sulfide) groups is 1. The molecule has 0 radical (unpaired) electrons. The number of carbonyl (C=O) groups is 3. The summed E-state index contributed by atoms with van der Waals surface area (Å²) in [5.74, 6) is 0.280. The van der Waals surface area contributed by atoms with E-state index in [0.717, 1.165) is 40.8 Å². The summed E-state index contributed by atoms with van der Waals surface area (Å²) >= 11 is 1.03. The third-order valence-corrected chi connectivity index (χ3v) is 6.25. The Balaban J connectivity index is 1.46. The highest BCUT2D eigenvalue weighted by Crippen LogP contribution is 2.34. The number of imide groups is 1. The predicted octanol–water partition coefficient (Wildman–Crippen LogP) is 4.39. The third-order valence-electron chi connectivity index (χ3n) is 5.18. The molecule has 2 heterocycles. The van der Waals surface area contributed by atoms with E-state index in [1.54, 1.807) is 13.1 Å². The topological polar surface area (TPSA) is 94.6 Å². The Morgan fingerprint density at radius 3 is 2.53 bits per heavy atom. The first-order valence-corrected chi connectivity index (χ1v) is 11.5. The molecule has 2 amide bonds. The smallest absolute Gasteiger partial charge is 0.306 e. The maximum atomic E-state index is 12.0. The molecule has 0 saturated carbocycles. The second kappa shape index (κ2) is 10.6. The van der Waals surface area contributed by atoms with Crippen LogP contribution in [-0.4, -0.2) is 33.5 Å². The molecule has 1 aliphatic heterocycles. The highest BCUT2D eigenvalue weighted by Gasteiger charge is 2.43. The van der Waals surface area contributed by atoms with E-state index in [1.165, 1.54) is 0 Å². The van der Waals surface area contributed by atoms with Crippen molar-refractivity contribution in [1.29, 1.82) is 0 Å². The quantitative estimate of drug-likeness (QED) is 0.530. The predicted molar refractivity (Wildman–Crippen MR) is 123 cm³/mol. The van der Waals surface area contributed by atoms with E-state index in [2.05, 4.69) is 10.3 Å². The fourth-order valence-electron chi connectivity index (χ4n) is 3.34. The summed E-state index contributed by atoms with van der Waals surface area (Å²) in [4.78, 5) is 39.5. The van der Waals surface area contributed by atoms with Gasteiger partial charge in [0.2, 0.25) is 5.91 Å². The highest BCUT2D eigenvalue weighted by atomic mass is 32.2. The van der Waals surface area contributed by atoms with Crippen LogP contribution in [0.2, 0.25) is 0 Å². The van der Waals surface area contributed by atoms with Gasteiger partial charge in [0.05, 0.1) is 6.61 Å². The molecule has 170 valence electrons. The maximum Gasteiger partial charge on any atom is 0.306 e. The van der Waals surface area contributed by atoms with Gasteiger partial charge in [0.25, 0.3) is 5.24 Å². The highest BCUT2D eigenvalue weighted by molar-refractivity contribution is 8.16. The Bertz CT molecular complexity index is 961. The van der Waals surface area contributed by atoms with Crippen LogP contribution in [0.3, 0.4) is 0 Å². The van der Waals surface area contributed by atoms with Gasteiger partial charge in [0.1, 0.15) is 16.6 Å². The number of ether oxygens (including phenoxy) is 2. The lowest BCUT2D eigenvalue weighted by Crippen LogP contribution is -2.35. The molecular weight excluding hydrogens is 428 g/mol. The molecule has 0 aliphatic carbocycles. The number of hydrogen-bond acceptors (Lipinski definition) is 7. The molecular formula is C24H28N2O5S. The molecule has 1 N–H and O–H groups in total. The van der Waals surface area contributed by atoms with Gasteiger partial charge >= 0.3 is 5.97 Å². The third kappa shape index (κ3) is 6.32. The van der Waals surface area contributed by atoms with E-state index in [1.807, 2.05) is 50.2 Å². The van der Waals surface area contributed by atoms with Crippen molar-refractivity contribution in [2.75, 3.05) is 6.61 Å². The average molecular weight is 457 g/mol. The van der Waals surface area contributed by atoms with Crippen molar-refractivity contribution in [2.45, 2.75) is 57.3 Å². The first kappa shape index (κ1) is 23.8. The number of carbonyl (C=O) groups excluding carboxylic acids is 3. The largest absolute Gasteiger partial charge is 0.493 e. The standard InChI is InChI=1S/C24H28N2O5S/c1-4-5-21(27)31-16(2)18-8-9-19(25-15-18)12-13-30-20-10-6-17(7-11-20)14-24(3)22(28)26-23(29)32-24/h6-11,15-16H,4-5,12-14H2,1-3H3,(H,26,28,29). The lowest BCUT2D eigenvalue weighted by atomic mass is 9.99. The minimum atomic E-state index is -0.775. The molecule has 3 rings (SSSR count). The summed E-state index contributed by atoms with van der Waals surface area (Å²) in [6, 6.07) is 11.4. The van der Waals surface area contributed by atoms with Gasteiger partial charge in [-0.2, -0.15) is 0 Å². The van der Waals surface area contributed by atoms with Crippen molar-refractivity contribution in [3.8, 4) is 5.75 Å². The maximum absolute atomic E-state index is 12.0. The van der Waals surface area contributed by atoms with Gasteiger partial charge in [0.15, 0.2) is 0 Å². The molecule has 2 unspecified atom stereocenters. The molecule has 1 aromatic heterocycles. The molecule has 2 aromatic rings. The van der Waals surface area contributed by atoms with E-state index in [-0.39, 0.29) is 23.2 Å². The minimum Gasteiger partial charge on any atom is -0.493 e. The van der Waals surface area contributed by atoms with Gasteiger partial charge in [-0.3, -0.25) is 24.7 Å². The first-order chi connectivity index (χ1) is 15.3. The van der Waals surface area contributed by atoms with E-state index in [4.69, 9.17) is 9.47 Å². The summed E-state index contributed by atoms with van der Waals surface area (Å²) in [7, 11) is 0. The van der Waals surface area contributed by atoms with Crippen LogP contribution >= 0.6 is 11.8 Å². The van der Waals surface area contributed by atoms with Gasteiger partial charge in [-0.25, -0.2) is 0 Å². The summed E-state index contributed by atoms with van der Waals surface area (Å²) in [6.45, 7) is 6.03. The van der Waals surface area contributed by atoms with Gasteiger partial charge in [-0.1, -0.05) is 25.1 Å². The molecule has 2 atom stereocenters. The summed E-state index contributed by atoms with van der Waals surface area (Å²) < 4.78 is 10.4. The number of nitrogens with zero attached hydrogens (tertiary/aromatic N) is 1. The molecule has 32 heavy (non-hydrogen) atoms. The van der Waals surface area contributed by atoms with Crippen molar-refractivity contribution in [2.24, 2.45) is 0 Å². The van der Waals surface area contributed by atoms with Crippen LogP contribution in [0, 0.1) is 0 Å². The van der Waals surface area contributed by atoms with Crippen LogP contribution in [0.25, 0.3) is 0 Å². The molecule has 8 heteroatoms. The molecule has 1 aliphatic rings. The molecule has 7 nitrogen and oxygen atoms in total. The molecule has 1 fully saturated rings. The van der Waals surface area contributed by atoms with Crippen LogP contribution < -0.4 is 10.1 Å². The van der Waals surface area contributed by atoms with Crippen LogP contribution in [0.5, 0.6) is 5.75 Å². The number of rotatable bonds is 10. The monoisotopic (exact) mass is 456 g/mol. The normalized spacial score (nSPS) is 18.8. The van der Waals surface area contributed by atoms with Crippen molar-refractivity contribution in [1.82, 2.24) is 10.3 Å². The average Bonchev–Trinajstić information content (AvgIpc) is 3.00. The minimum absolute atomic E-state index is 0.198. The molecule has 0 bridgehead atoms. The number of benzene rings is 1. The zero-order chi connectivity index (χ0) is 23.1. The van der Waals surface area contributed by atoms with E-state index < -0.39 is 4.75 Å². The second-order valence-electron chi connectivity index (χ2n) is 7.96. The van der Waals surface area contributed by atoms with E-state index in [9.17, 15) is 14.4 Å². The Hall–Kier alpha value is -2.87. The Labute approximate surface area is 192 Å². The van der Waals surface area contributed by atoms with E-state index >= 15 is 0 Å². The van der Waals surface area contributed by atoms with E-state index in [0.29, 0.717) is 25.9 Å². The lowest BCUT2D eigenvalue weighted by molar-refractivity contribution is -0.148. The SMILES string of the molecule is CCCC(=O)OC(C)c1ccc(CCOc2ccc(CC3(C)SC(=O)NC3=O)cc2)nc1. The number of nitrogens with one attached hydrogen (secondary N) is 1. The van der Waals surface area contributed by atoms with Crippen molar-refractivity contribution >= 4 is 28.9 Å². The van der Waals surface area contributed by atoms with Crippen molar-refractivity contribution in [3.63, 3.8) is 0 Å². The van der Waals surface area contributed by atoms with Crippen LogP contribution in [-0.2, 0) is 27.2 Å². The number of hydrogen-bond donors (Lipinski definition) is 1. The summed E-state index contributed by atoms with van der Waals surface area (Å²) in [5.41, 5.74) is 2.71. The van der Waals surface area contributed by atoms with Gasteiger partial charge in [0, 0.05) is 30.3 Å². The lowest BCUT2D eigenvalue weighted by Gasteiger charge is -2.18. The van der Waals surface area contributed by atoms with Gasteiger partial charge < -0.3 is 9.47 Å². The molecule has 0 spiro atoms. The Morgan fingerprint density at radius 1 is 1.19 bits per heavy atom. The number of aromatic nitrogens is 1. The number of esters is 1. The van der Waals surface area contributed by atoms with Crippen LogP contribution in [0.4, 0.5) is 4.79 Å². The first-order valence-electron chi connectivity index (χ1n) is 10.7. The van der Waals surface area contributed by atoms with Gasteiger partial charge in [-0.05, 0) is 62.2 Å². The number of amides is 2. The van der Waals surface area contributed by atoms with Gasteiger partial charge in [-0.15, -0.1) is 0 Å². The molecule has 1 aromatic carbocycles. The van der Waals surface area contributed by atoms with Crippen molar-refractivity contribution in [3.05, 3.63) is 59.4 Å². The summed E-state index contributed by atoms with van der Waals surface area (Å²) in [6.07, 6.45) is 3.71. The zero-order valence-electron chi connectivity index (χ0n) is 18.6.